The van der Waals surface area contributed by atoms with Gasteiger partial charge in [-0.3, -0.25) is 29.4 Å². The first-order valence-corrected chi connectivity index (χ1v) is 22.8. The van der Waals surface area contributed by atoms with Crippen LogP contribution in [0.5, 0.6) is 11.5 Å². The Labute approximate surface area is 363 Å². The Morgan fingerprint density at radius 1 is 0.623 bits per heavy atom. The van der Waals surface area contributed by atoms with E-state index < -0.39 is 5.97 Å². The van der Waals surface area contributed by atoms with E-state index in [2.05, 4.69) is 108 Å². The molecule has 10 heteroatoms. The summed E-state index contributed by atoms with van der Waals surface area (Å²) < 4.78 is 17.5. The van der Waals surface area contributed by atoms with Crippen LogP contribution >= 0.6 is 0 Å². The van der Waals surface area contributed by atoms with E-state index in [1.54, 1.807) is 0 Å². The molecule has 0 amide bonds. The van der Waals surface area contributed by atoms with Crippen LogP contribution in [-0.2, 0) is 27.4 Å². The molecule has 8 rings (SSSR count). The first-order chi connectivity index (χ1) is 28.9. The van der Waals surface area contributed by atoms with Gasteiger partial charge in [-0.2, -0.15) is 0 Å². The Bertz CT molecular complexity index is 2160. The van der Waals surface area contributed by atoms with Crippen molar-refractivity contribution in [1.29, 1.82) is 0 Å². The van der Waals surface area contributed by atoms with Gasteiger partial charge in [-0.1, -0.05) is 41.5 Å². The topological polar surface area (TPSA) is 114 Å². The number of aliphatic carboxylic acids is 1. The SMILES string of the molecule is COC(=O)C1CN(Cc2cc(C)c3cc(OC4CCC(C(C)(C)C)CC4)ccc3n2)C1.Cc1cc(CN2CC(C(=O)O)C2)nc2ccc(OC3CCC(C(C)(C)C)CC3)cc12. The van der Waals surface area contributed by atoms with Crippen LogP contribution in [0.15, 0.2) is 48.5 Å². The number of ether oxygens (including phenoxy) is 3. The van der Waals surface area contributed by atoms with Gasteiger partial charge in [0.1, 0.15) is 11.5 Å². The fourth-order valence-electron chi connectivity index (χ4n) is 10.0. The smallest absolute Gasteiger partial charge is 0.311 e. The minimum Gasteiger partial charge on any atom is -0.490 e. The molecule has 2 saturated heterocycles. The van der Waals surface area contributed by atoms with Gasteiger partial charge in [-0.05, 0) is 148 Å². The van der Waals surface area contributed by atoms with Crippen LogP contribution in [0.2, 0.25) is 0 Å². The van der Waals surface area contributed by atoms with Gasteiger partial charge in [-0.25, -0.2) is 0 Å². The highest BCUT2D eigenvalue weighted by atomic mass is 16.5. The normalized spacial score (nSPS) is 23.1. The first kappa shape index (κ1) is 44.8. The van der Waals surface area contributed by atoms with Crippen molar-refractivity contribution in [3.8, 4) is 11.5 Å². The average molecular weight is 835 g/mol. The minimum absolute atomic E-state index is 0.00438. The number of rotatable bonds is 10. The molecular formula is C51H70N4O6. The summed E-state index contributed by atoms with van der Waals surface area (Å²) in [6, 6.07) is 16.8. The van der Waals surface area contributed by atoms with Crippen molar-refractivity contribution in [3.05, 3.63) is 71.0 Å². The van der Waals surface area contributed by atoms with Crippen molar-refractivity contribution in [3.63, 3.8) is 0 Å². The molecule has 0 spiro atoms. The van der Waals surface area contributed by atoms with Gasteiger partial charge in [0.15, 0.2) is 0 Å². The van der Waals surface area contributed by atoms with Crippen LogP contribution in [0.1, 0.15) is 115 Å². The Morgan fingerprint density at radius 3 is 1.38 bits per heavy atom. The van der Waals surface area contributed by atoms with Gasteiger partial charge in [0, 0.05) is 50.0 Å². The van der Waals surface area contributed by atoms with E-state index in [9.17, 15) is 9.59 Å². The van der Waals surface area contributed by atoms with Crippen LogP contribution < -0.4 is 9.47 Å². The molecule has 330 valence electrons. The number of hydrogen-bond acceptors (Lipinski definition) is 9. The van der Waals surface area contributed by atoms with Gasteiger partial charge in [-0.15, -0.1) is 0 Å². The average Bonchev–Trinajstić information content (AvgIpc) is 3.17. The van der Waals surface area contributed by atoms with E-state index in [-0.39, 0.29) is 17.8 Å². The summed E-state index contributed by atoms with van der Waals surface area (Å²) in [5.41, 5.74) is 7.21. The number of methoxy groups -OCH3 is 1. The molecule has 2 aromatic carbocycles. The van der Waals surface area contributed by atoms with Gasteiger partial charge in [0.2, 0.25) is 0 Å². The highest BCUT2D eigenvalue weighted by Crippen LogP contribution is 2.40. The number of esters is 1. The standard InChI is InChI=1S/C26H36N2O3.C25H34N2O3/c1-17-12-20(16-28-14-18(15-28)25(29)30-5)27-24-11-10-22(13-23(17)24)31-21-8-6-19(7-9-21)26(2,3)4;1-16-11-19(15-27-13-17(14-27)24(28)29)26-23-10-9-21(12-22(16)23)30-20-7-5-18(6-8-20)25(2,3)4/h10-13,18-19,21H,6-9,14-16H2,1-5H3;9-12,17-18,20H,5-8,13-15H2,1-4H3,(H,28,29). The third-order valence-corrected chi connectivity index (χ3v) is 14.1. The second-order valence-electron chi connectivity index (χ2n) is 20.8. The van der Waals surface area contributed by atoms with Crippen molar-refractivity contribution in [2.75, 3.05) is 33.3 Å². The van der Waals surface area contributed by atoms with Gasteiger partial charge >= 0.3 is 11.9 Å². The fraction of sp³-hybridized carbons (Fsp3) is 0.608. The summed E-state index contributed by atoms with van der Waals surface area (Å²) >= 11 is 0. The molecule has 2 aliphatic carbocycles. The number of carbonyl (C=O) groups excluding carboxylic acids is 1. The van der Waals surface area contributed by atoms with Crippen molar-refractivity contribution < 1.29 is 28.9 Å². The van der Waals surface area contributed by atoms with Gasteiger partial charge in [0.25, 0.3) is 0 Å². The zero-order valence-electron chi connectivity index (χ0n) is 38.3. The molecule has 61 heavy (non-hydrogen) atoms. The molecule has 0 radical (unpaired) electrons. The van der Waals surface area contributed by atoms with E-state index in [0.717, 1.165) is 102 Å². The molecule has 1 N–H and O–H groups in total. The monoisotopic (exact) mass is 835 g/mol. The van der Waals surface area contributed by atoms with Gasteiger partial charge in [0.05, 0.1) is 53.6 Å². The largest absolute Gasteiger partial charge is 0.490 e. The van der Waals surface area contributed by atoms with E-state index >= 15 is 0 Å². The zero-order chi connectivity index (χ0) is 43.6. The van der Waals surface area contributed by atoms with Crippen LogP contribution in [-0.4, -0.2) is 82.3 Å². The number of hydrogen-bond donors (Lipinski definition) is 1. The maximum atomic E-state index is 11.6. The summed E-state index contributed by atoms with van der Waals surface area (Å²) in [7, 11) is 1.45. The van der Waals surface area contributed by atoms with Crippen molar-refractivity contribution in [2.24, 2.45) is 34.5 Å². The second-order valence-corrected chi connectivity index (χ2v) is 20.8. The highest BCUT2D eigenvalue weighted by Gasteiger charge is 2.35. The van der Waals surface area contributed by atoms with Crippen LogP contribution in [0.3, 0.4) is 0 Å². The number of fused-ring (bicyclic) bond motifs is 2. The number of carboxylic acids is 1. The lowest BCUT2D eigenvalue weighted by atomic mass is 9.72. The minimum atomic E-state index is -0.701. The molecule has 0 unspecified atom stereocenters. The van der Waals surface area contributed by atoms with Crippen LogP contribution in [0, 0.1) is 48.3 Å². The number of carbonyl (C=O) groups is 2. The number of likely N-dealkylation sites (tertiary alicyclic amines) is 2. The predicted molar refractivity (Wildman–Crippen MR) is 242 cm³/mol. The molecule has 4 aliphatic rings. The Balaban J connectivity index is 0.000000184. The molecule has 2 saturated carbocycles. The molecule has 0 bridgehead atoms. The molecule has 2 aliphatic heterocycles. The number of nitrogens with zero attached hydrogens (tertiary/aromatic N) is 4. The Kier molecular flexibility index (Phi) is 13.6. The van der Waals surface area contributed by atoms with Crippen LogP contribution in [0.4, 0.5) is 0 Å². The number of aromatic nitrogens is 2. The summed E-state index contributed by atoms with van der Waals surface area (Å²) in [5, 5.41) is 11.3. The van der Waals surface area contributed by atoms with Gasteiger partial charge < -0.3 is 19.3 Å². The summed E-state index contributed by atoms with van der Waals surface area (Å²) in [6.45, 7) is 22.5. The summed E-state index contributed by atoms with van der Waals surface area (Å²) in [5.74, 6) is 2.43. The molecule has 0 atom stereocenters. The zero-order valence-corrected chi connectivity index (χ0v) is 38.3. The van der Waals surface area contributed by atoms with Crippen molar-refractivity contribution in [2.45, 2.75) is 132 Å². The van der Waals surface area contributed by atoms with Crippen molar-refractivity contribution in [1.82, 2.24) is 19.8 Å². The number of carboxylic acid groups (broad SMARTS) is 1. The molecule has 4 heterocycles. The lowest BCUT2D eigenvalue weighted by Gasteiger charge is -2.37. The third kappa shape index (κ3) is 11.2. The molecule has 4 fully saturated rings. The first-order valence-electron chi connectivity index (χ1n) is 22.8. The quantitative estimate of drug-likeness (QED) is 0.155. The van der Waals surface area contributed by atoms with E-state index in [4.69, 9.17) is 29.3 Å². The Morgan fingerprint density at radius 2 is 1.02 bits per heavy atom. The molecule has 4 aromatic rings. The van der Waals surface area contributed by atoms with E-state index in [0.29, 0.717) is 42.7 Å². The summed E-state index contributed by atoms with van der Waals surface area (Å²) in [4.78, 5) is 36.6. The number of benzene rings is 2. The van der Waals surface area contributed by atoms with E-state index in [1.165, 1.54) is 43.9 Å². The second kappa shape index (κ2) is 18.6. The molecule has 2 aromatic heterocycles. The lowest BCUT2D eigenvalue weighted by Crippen LogP contribution is -2.50. The maximum absolute atomic E-state index is 11.6. The number of pyridine rings is 2. The lowest BCUT2D eigenvalue weighted by molar-refractivity contribution is -0.151. The molecule has 10 nitrogen and oxygen atoms in total. The fourth-order valence-corrected chi connectivity index (χ4v) is 10.0. The molecular weight excluding hydrogens is 765 g/mol. The maximum Gasteiger partial charge on any atom is 0.311 e. The highest BCUT2D eigenvalue weighted by molar-refractivity contribution is 5.84. The van der Waals surface area contributed by atoms with Crippen LogP contribution in [0.25, 0.3) is 21.8 Å². The predicted octanol–water partition coefficient (Wildman–Crippen LogP) is 10.2. The van der Waals surface area contributed by atoms with Crippen molar-refractivity contribution >= 4 is 33.7 Å². The summed E-state index contributed by atoms with van der Waals surface area (Å²) in [6.07, 6.45) is 10.1. The Hall–Kier alpha value is -4.28. The van der Waals surface area contributed by atoms with E-state index in [1.807, 2.05) is 6.07 Å². The third-order valence-electron chi connectivity index (χ3n) is 14.1. The number of aryl methyl sites for hydroxylation is 2.